The van der Waals surface area contributed by atoms with E-state index in [0.717, 1.165) is 21.9 Å². The van der Waals surface area contributed by atoms with Crippen molar-refractivity contribution in [2.24, 2.45) is 0 Å². The summed E-state index contributed by atoms with van der Waals surface area (Å²) < 4.78 is 0. The number of nitrogens with zero attached hydrogens (tertiary/aromatic N) is 3. The number of benzene rings is 1. The van der Waals surface area contributed by atoms with E-state index in [4.69, 9.17) is 0 Å². The molecule has 0 saturated heterocycles. The lowest BCUT2D eigenvalue weighted by atomic mass is 10.0. The second-order valence-electron chi connectivity index (χ2n) is 5.23. The fourth-order valence-electron chi connectivity index (χ4n) is 2.21. The summed E-state index contributed by atoms with van der Waals surface area (Å²) >= 11 is 1.55. The van der Waals surface area contributed by atoms with Crippen LogP contribution in [0, 0.1) is 6.92 Å². The number of thioether (sulfide) groups is 1. The van der Waals surface area contributed by atoms with Crippen molar-refractivity contribution in [3.8, 4) is 0 Å². The van der Waals surface area contributed by atoms with E-state index in [2.05, 4.69) is 20.7 Å². The Labute approximate surface area is 134 Å². The van der Waals surface area contributed by atoms with Gasteiger partial charge in [0.25, 0.3) is 0 Å². The van der Waals surface area contributed by atoms with Gasteiger partial charge in [-0.25, -0.2) is 0 Å². The van der Waals surface area contributed by atoms with Gasteiger partial charge in [0.05, 0.1) is 6.20 Å². The van der Waals surface area contributed by atoms with Crippen LogP contribution in [0.1, 0.15) is 17.2 Å². The number of rotatable bonds is 7. The molecule has 1 amide bonds. The lowest BCUT2D eigenvalue weighted by Crippen LogP contribution is -2.38. The summed E-state index contributed by atoms with van der Waals surface area (Å²) in [5, 5.41) is 14.1. The Bertz CT molecular complexity index is 600. The summed E-state index contributed by atoms with van der Waals surface area (Å²) in [4.78, 5) is 14.4. The fourth-order valence-corrected chi connectivity index (χ4v) is 2.86. The van der Waals surface area contributed by atoms with Crippen LogP contribution in [0.4, 0.5) is 0 Å². The fraction of sp³-hybridized carbons (Fsp3) is 0.400. The summed E-state index contributed by atoms with van der Waals surface area (Å²) in [5.74, 6) is 0.767. The highest BCUT2D eigenvalue weighted by atomic mass is 32.2. The lowest BCUT2D eigenvalue weighted by Gasteiger charge is -2.24. The molecule has 22 heavy (non-hydrogen) atoms. The molecular weight excluding hydrogens is 298 g/mol. The number of likely N-dealkylation sites (N-methyl/N-ethyl adjacent to an activating group) is 1. The largest absolute Gasteiger partial charge is 0.354 e. The number of hydrogen-bond acceptors (Lipinski definition) is 5. The Hall–Kier alpha value is -1.86. The van der Waals surface area contributed by atoms with Gasteiger partial charge in [-0.1, -0.05) is 29.8 Å². The van der Waals surface area contributed by atoms with Gasteiger partial charge in [0, 0.05) is 12.3 Å². The Balaban J connectivity index is 1.90. The maximum Gasteiger partial charge on any atom is 0.241 e. The monoisotopic (exact) mass is 319 g/mol. The molecule has 2 N–H and O–H groups in total. The molecule has 0 aliphatic carbocycles. The first-order valence-corrected chi connectivity index (χ1v) is 8.06. The molecule has 0 bridgehead atoms. The van der Waals surface area contributed by atoms with Crippen molar-refractivity contribution < 1.29 is 4.79 Å². The molecule has 0 radical (unpaired) electrons. The number of nitrogens with one attached hydrogen (secondary N) is 2. The third-order valence-electron chi connectivity index (χ3n) is 3.17. The number of aromatic nitrogens is 3. The summed E-state index contributed by atoms with van der Waals surface area (Å²) in [5.41, 5.74) is 2.16. The van der Waals surface area contributed by atoms with Crippen LogP contribution in [0.5, 0.6) is 0 Å². The SMILES string of the molecule is Cc1cccc([C@H](C(=O)NCCSc2cn[nH]n2)N(C)C)c1. The van der Waals surface area contributed by atoms with Crippen LogP contribution in [-0.2, 0) is 4.79 Å². The molecule has 0 unspecified atom stereocenters. The highest BCUT2D eigenvalue weighted by Crippen LogP contribution is 2.19. The van der Waals surface area contributed by atoms with Crippen LogP contribution >= 0.6 is 11.8 Å². The maximum atomic E-state index is 12.5. The van der Waals surface area contributed by atoms with Gasteiger partial charge in [-0.05, 0) is 26.6 Å². The summed E-state index contributed by atoms with van der Waals surface area (Å²) in [7, 11) is 3.83. The molecule has 2 rings (SSSR count). The van der Waals surface area contributed by atoms with Crippen LogP contribution in [0.2, 0.25) is 0 Å². The second kappa shape index (κ2) is 7.95. The highest BCUT2D eigenvalue weighted by molar-refractivity contribution is 7.99. The standard InChI is InChI=1S/C15H21N5OS/c1-11-5-4-6-12(9-11)14(20(2)3)15(21)16-7-8-22-13-10-17-19-18-13/h4-6,9-10,14H,7-8H2,1-3H3,(H,16,21)(H,17,18,19)/t14-/m1/s1. The van der Waals surface area contributed by atoms with Gasteiger partial charge in [-0.15, -0.1) is 16.9 Å². The lowest BCUT2D eigenvalue weighted by molar-refractivity contribution is -0.125. The summed E-state index contributed by atoms with van der Waals surface area (Å²) in [6, 6.07) is 7.77. The van der Waals surface area contributed by atoms with Gasteiger partial charge >= 0.3 is 0 Å². The average Bonchev–Trinajstić information content (AvgIpc) is 2.97. The molecule has 1 atom stereocenters. The molecule has 1 heterocycles. The van der Waals surface area contributed by atoms with E-state index in [1.165, 1.54) is 0 Å². The molecule has 0 aliphatic heterocycles. The van der Waals surface area contributed by atoms with E-state index in [9.17, 15) is 4.79 Å². The van der Waals surface area contributed by atoms with Crippen molar-refractivity contribution in [2.75, 3.05) is 26.4 Å². The molecule has 118 valence electrons. The molecule has 0 spiro atoms. The second-order valence-corrected chi connectivity index (χ2v) is 6.34. The molecular formula is C15H21N5OS. The van der Waals surface area contributed by atoms with E-state index < -0.39 is 0 Å². The predicted octanol–water partition coefficient (Wildman–Crippen LogP) is 1.62. The van der Waals surface area contributed by atoms with Gasteiger partial charge in [0.2, 0.25) is 5.91 Å². The number of H-pyrrole nitrogens is 1. The minimum atomic E-state index is -0.281. The zero-order chi connectivity index (χ0) is 15.9. The third-order valence-corrected chi connectivity index (χ3v) is 4.07. The van der Waals surface area contributed by atoms with E-state index >= 15 is 0 Å². The Morgan fingerprint density at radius 2 is 2.27 bits per heavy atom. The smallest absolute Gasteiger partial charge is 0.241 e. The summed E-state index contributed by atoms with van der Waals surface area (Å²) in [6.45, 7) is 2.62. The van der Waals surface area contributed by atoms with E-state index in [1.54, 1.807) is 18.0 Å². The van der Waals surface area contributed by atoms with Crippen LogP contribution < -0.4 is 5.32 Å². The van der Waals surface area contributed by atoms with Crippen LogP contribution in [-0.4, -0.2) is 52.6 Å². The molecule has 1 aromatic carbocycles. The molecule has 0 saturated carbocycles. The first-order chi connectivity index (χ1) is 10.6. The first kappa shape index (κ1) is 16.5. The number of amides is 1. The van der Waals surface area contributed by atoms with Crippen molar-refractivity contribution in [3.05, 3.63) is 41.6 Å². The van der Waals surface area contributed by atoms with E-state index in [1.807, 2.05) is 50.2 Å². The predicted molar refractivity (Wildman–Crippen MR) is 87.7 cm³/mol. The van der Waals surface area contributed by atoms with Crippen molar-refractivity contribution in [1.29, 1.82) is 0 Å². The molecule has 6 nitrogen and oxygen atoms in total. The number of aryl methyl sites for hydroxylation is 1. The zero-order valence-electron chi connectivity index (χ0n) is 13.0. The quantitative estimate of drug-likeness (QED) is 0.599. The minimum absolute atomic E-state index is 0.0105. The summed E-state index contributed by atoms with van der Waals surface area (Å²) in [6.07, 6.45) is 1.67. The average molecular weight is 319 g/mol. The first-order valence-electron chi connectivity index (χ1n) is 7.07. The normalized spacial score (nSPS) is 12.4. The Morgan fingerprint density at radius 1 is 1.45 bits per heavy atom. The van der Waals surface area contributed by atoms with E-state index in [-0.39, 0.29) is 11.9 Å². The Morgan fingerprint density at radius 3 is 2.91 bits per heavy atom. The molecule has 0 aliphatic rings. The van der Waals surface area contributed by atoms with Crippen molar-refractivity contribution in [3.63, 3.8) is 0 Å². The van der Waals surface area contributed by atoms with Gasteiger partial charge < -0.3 is 5.32 Å². The van der Waals surface area contributed by atoms with Crippen molar-refractivity contribution >= 4 is 17.7 Å². The third kappa shape index (κ3) is 4.57. The van der Waals surface area contributed by atoms with Crippen molar-refractivity contribution in [2.45, 2.75) is 18.0 Å². The topological polar surface area (TPSA) is 73.9 Å². The van der Waals surface area contributed by atoms with Crippen LogP contribution in [0.25, 0.3) is 0 Å². The molecule has 0 fully saturated rings. The molecule has 1 aromatic heterocycles. The number of carbonyl (C=O) groups excluding carboxylic acids is 1. The minimum Gasteiger partial charge on any atom is -0.354 e. The number of carbonyl (C=O) groups is 1. The van der Waals surface area contributed by atoms with Gasteiger partial charge in [0.1, 0.15) is 11.1 Å². The molecule has 2 aromatic rings. The van der Waals surface area contributed by atoms with Gasteiger partial charge in [0.15, 0.2) is 0 Å². The van der Waals surface area contributed by atoms with Crippen LogP contribution in [0.3, 0.4) is 0 Å². The number of hydrogen-bond donors (Lipinski definition) is 2. The van der Waals surface area contributed by atoms with Gasteiger partial charge in [-0.2, -0.15) is 10.3 Å². The molecule has 7 heteroatoms. The van der Waals surface area contributed by atoms with Crippen LogP contribution in [0.15, 0.2) is 35.5 Å². The van der Waals surface area contributed by atoms with Gasteiger partial charge in [-0.3, -0.25) is 9.69 Å². The highest BCUT2D eigenvalue weighted by Gasteiger charge is 2.22. The van der Waals surface area contributed by atoms with E-state index in [0.29, 0.717) is 6.54 Å². The number of aromatic amines is 1. The Kier molecular flexibility index (Phi) is 5.97. The van der Waals surface area contributed by atoms with Crippen molar-refractivity contribution in [1.82, 2.24) is 25.6 Å². The maximum absolute atomic E-state index is 12.5. The zero-order valence-corrected chi connectivity index (χ0v) is 13.9.